The molecule has 1 fully saturated rings. The first kappa shape index (κ1) is 17.9. The quantitative estimate of drug-likeness (QED) is 0.678. The molecule has 0 saturated carbocycles. The summed E-state index contributed by atoms with van der Waals surface area (Å²) in [6.07, 6.45) is 1.50. The number of fused-ring (bicyclic) bond motifs is 1. The second-order valence-corrected chi connectivity index (χ2v) is 7.90. The van der Waals surface area contributed by atoms with Crippen LogP contribution in [0.25, 0.3) is 10.2 Å². The molecule has 4 rings (SSSR count). The standard InChI is InChI=1S/C18H21N5O3S/c1-11-8-13(26-20-11)9-22-4-6-23(7-5-22)18(25)15-12(2)14-16(27-15)19-10-21(3)17(14)24/h8,10H,4-7,9H2,1-3H3. The van der Waals surface area contributed by atoms with Crippen molar-refractivity contribution in [3.05, 3.63) is 44.6 Å². The zero-order valence-corrected chi connectivity index (χ0v) is 16.4. The van der Waals surface area contributed by atoms with Crippen LogP contribution in [0.3, 0.4) is 0 Å². The average Bonchev–Trinajstić information content (AvgIpc) is 3.21. The lowest BCUT2D eigenvalue weighted by Gasteiger charge is -2.34. The Morgan fingerprint density at radius 2 is 2.00 bits per heavy atom. The van der Waals surface area contributed by atoms with E-state index in [-0.39, 0.29) is 11.5 Å². The van der Waals surface area contributed by atoms with Crippen LogP contribution in [0.2, 0.25) is 0 Å². The van der Waals surface area contributed by atoms with E-state index in [9.17, 15) is 9.59 Å². The first-order valence-electron chi connectivity index (χ1n) is 8.82. The molecule has 9 heteroatoms. The Morgan fingerprint density at radius 3 is 2.67 bits per heavy atom. The maximum atomic E-state index is 13.0. The van der Waals surface area contributed by atoms with Gasteiger partial charge in [-0.05, 0) is 19.4 Å². The molecule has 0 spiro atoms. The molecule has 0 bridgehead atoms. The zero-order valence-electron chi connectivity index (χ0n) is 15.6. The predicted octanol–water partition coefficient (Wildman–Crippen LogP) is 1.56. The van der Waals surface area contributed by atoms with Gasteiger partial charge in [0.05, 0.1) is 28.8 Å². The van der Waals surface area contributed by atoms with Crippen molar-refractivity contribution in [2.24, 2.45) is 7.05 Å². The van der Waals surface area contributed by atoms with Crippen molar-refractivity contribution in [3.8, 4) is 0 Å². The number of aromatic nitrogens is 3. The molecule has 1 saturated heterocycles. The van der Waals surface area contributed by atoms with Crippen LogP contribution in [-0.2, 0) is 13.6 Å². The minimum absolute atomic E-state index is 0.0206. The van der Waals surface area contributed by atoms with Crippen molar-refractivity contribution in [2.45, 2.75) is 20.4 Å². The third kappa shape index (κ3) is 3.28. The summed E-state index contributed by atoms with van der Waals surface area (Å²) in [5, 5.41) is 4.46. The van der Waals surface area contributed by atoms with Crippen LogP contribution in [0.1, 0.15) is 26.7 Å². The van der Waals surface area contributed by atoms with Crippen LogP contribution in [-0.4, -0.2) is 56.6 Å². The van der Waals surface area contributed by atoms with Gasteiger partial charge in [-0.1, -0.05) is 5.16 Å². The van der Waals surface area contributed by atoms with Crippen molar-refractivity contribution in [1.82, 2.24) is 24.5 Å². The summed E-state index contributed by atoms with van der Waals surface area (Å²) in [4.78, 5) is 35.0. The second kappa shape index (κ2) is 6.90. The van der Waals surface area contributed by atoms with Crippen molar-refractivity contribution in [2.75, 3.05) is 26.2 Å². The third-order valence-electron chi connectivity index (χ3n) is 4.92. The van der Waals surface area contributed by atoms with E-state index in [0.29, 0.717) is 34.7 Å². The molecule has 0 unspecified atom stereocenters. The SMILES string of the molecule is Cc1cc(CN2CCN(C(=O)c3sc4ncn(C)c(=O)c4c3C)CC2)on1. The van der Waals surface area contributed by atoms with Gasteiger partial charge in [-0.2, -0.15) is 0 Å². The smallest absolute Gasteiger partial charge is 0.264 e. The number of nitrogens with zero attached hydrogens (tertiary/aromatic N) is 5. The first-order chi connectivity index (χ1) is 12.9. The van der Waals surface area contributed by atoms with Crippen LogP contribution in [0.15, 0.2) is 21.7 Å². The van der Waals surface area contributed by atoms with Gasteiger partial charge in [0.2, 0.25) is 0 Å². The van der Waals surface area contributed by atoms with Crippen LogP contribution in [0, 0.1) is 13.8 Å². The molecule has 0 radical (unpaired) electrons. The molecule has 0 aromatic carbocycles. The molecule has 1 aliphatic rings. The van der Waals surface area contributed by atoms with Crippen molar-refractivity contribution in [1.29, 1.82) is 0 Å². The van der Waals surface area contributed by atoms with Crippen LogP contribution >= 0.6 is 11.3 Å². The van der Waals surface area contributed by atoms with Crippen LogP contribution in [0.5, 0.6) is 0 Å². The largest absolute Gasteiger partial charge is 0.360 e. The fourth-order valence-electron chi connectivity index (χ4n) is 3.38. The number of hydrogen-bond donors (Lipinski definition) is 0. The number of amides is 1. The van der Waals surface area contributed by atoms with Gasteiger partial charge in [0, 0.05) is 39.3 Å². The molecular formula is C18H21N5O3S. The van der Waals surface area contributed by atoms with E-state index in [1.807, 2.05) is 24.8 Å². The number of carbonyl (C=O) groups excluding carboxylic acids is 1. The summed E-state index contributed by atoms with van der Waals surface area (Å²) in [7, 11) is 1.67. The molecule has 0 N–H and O–H groups in total. The minimum atomic E-state index is -0.111. The Kier molecular flexibility index (Phi) is 4.56. The molecule has 3 aromatic heterocycles. The van der Waals surface area contributed by atoms with Gasteiger partial charge in [-0.15, -0.1) is 11.3 Å². The van der Waals surface area contributed by atoms with Gasteiger partial charge >= 0.3 is 0 Å². The molecule has 0 aliphatic carbocycles. The molecule has 0 atom stereocenters. The molecule has 3 aromatic rings. The number of carbonyl (C=O) groups is 1. The zero-order chi connectivity index (χ0) is 19.1. The van der Waals surface area contributed by atoms with E-state index < -0.39 is 0 Å². The number of aryl methyl sites for hydroxylation is 3. The number of piperazine rings is 1. The molecule has 1 amide bonds. The fraction of sp³-hybridized carbons (Fsp3) is 0.444. The Hall–Kier alpha value is -2.52. The molecule has 1 aliphatic heterocycles. The summed E-state index contributed by atoms with van der Waals surface area (Å²) in [5.74, 6) is 0.822. The fourth-order valence-corrected chi connectivity index (χ4v) is 4.48. The monoisotopic (exact) mass is 387 g/mol. The topological polar surface area (TPSA) is 84.5 Å². The summed E-state index contributed by atoms with van der Waals surface area (Å²) >= 11 is 1.30. The highest BCUT2D eigenvalue weighted by Crippen LogP contribution is 2.28. The van der Waals surface area contributed by atoms with E-state index in [1.165, 1.54) is 22.2 Å². The maximum Gasteiger partial charge on any atom is 0.264 e. The van der Waals surface area contributed by atoms with E-state index in [1.54, 1.807) is 7.05 Å². The Morgan fingerprint density at radius 1 is 1.26 bits per heavy atom. The third-order valence-corrected chi connectivity index (χ3v) is 6.11. The molecule has 8 nitrogen and oxygen atoms in total. The van der Waals surface area contributed by atoms with Crippen LogP contribution in [0.4, 0.5) is 0 Å². The Bertz CT molecular complexity index is 1060. The maximum absolute atomic E-state index is 13.0. The molecular weight excluding hydrogens is 366 g/mol. The summed E-state index contributed by atoms with van der Waals surface area (Å²) in [6, 6.07) is 1.94. The van der Waals surface area contributed by atoms with Gasteiger partial charge in [0.1, 0.15) is 4.83 Å². The van der Waals surface area contributed by atoms with Gasteiger partial charge in [-0.3, -0.25) is 14.5 Å². The number of thiophene rings is 1. The summed E-state index contributed by atoms with van der Waals surface area (Å²) in [5.41, 5.74) is 1.49. The number of hydrogen-bond acceptors (Lipinski definition) is 7. The van der Waals surface area contributed by atoms with Crippen molar-refractivity contribution < 1.29 is 9.32 Å². The van der Waals surface area contributed by atoms with E-state index in [0.717, 1.165) is 30.1 Å². The minimum Gasteiger partial charge on any atom is -0.360 e. The highest BCUT2D eigenvalue weighted by molar-refractivity contribution is 7.20. The van der Waals surface area contributed by atoms with Gasteiger partial charge in [-0.25, -0.2) is 4.98 Å². The second-order valence-electron chi connectivity index (χ2n) is 6.90. The summed E-state index contributed by atoms with van der Waals surface area (Å²) in [6.45, 7) is 7.27. The highest BCUT2D eigenvalue weighted by Gasteiger charge is 2.27. The molecule has 27 heavy (non-hydrogen) atoms. The number of rotatable bonds is 3. The van der Waals surface area contributed by atoms with E-state index in [4.69, 9.17) is 4.52 Å². The summed E-state index contributed by atoms with van der Waals surface area (Å²) < 4.78 is 6.72. The van der Waals surface area contributed by atoms with Crippen molar-refractivity contribution >= 4 is 27.5 Å². The lowest BCUT2D eigenvalue weighted by atomic mass is 10.2. The van der Waals surface area contributed by atoms with Gasteiger partial charge in [0.25, 0.3) is 11.5 Å². The molecule has 4 heterocycles. The lowest BCUT2D eigenvalue weighted by molar-refractivity contribution is 0.0621. The van der Waals surface area contributed by atoms with Gasteiger partial charge in [0.15, 0.2) is 5.76 Å². The highest BCUT2D eigenvalue weighted by atomic mass is 32.1. The van der Waals surface area contributed by atoms with Crippen LogP contribution < -0.4 is 5.56 Å². The normalized spacial score (nSPS) is 15.6. The van der Waals surface area contributed by atoms with Gasteiger partial charge < -0.3 is 14.0 Å². The van der Waals surface area contributed by atoms with E-state index >= 15 is 0 Å². The first-order valence-corrected chi connectivity index (χ1v) is 9.64. The lowest BCUT2D eigenvalue weighted by Crippen LogP contribution is -2.48. The average molecular weight is 387 g/mol. The molecule has 142 valence electrons. The predicted molar refractivity (Wildman–Crippen MR) is 102 cm³/mol. The van der Waals surface area contributed by atoms with Crippen molar-refractivity contribution in [3.63, 3.8) is 0 Å². The van der Waals surface area contributed by atoms with E-state index in [2.05, 4.69) is 15.0 Å². The Labute approximate surface area is 160 Å². The Balaban J connectivity index is 1.48.